The number of nitrogens with one attached hydrogen (secondary N) is 2. The van der Waals surface area contributed by atoms with Gasteiger partial charge in [-0.3, -0.25) is 14.6 Å². The molecule has 20 heavy (non-hydrogen) atoms. The predicted molar refractivity (Wildman–Crippen MR) is 78.7 cm³/mol. The highest BCUT2D eigenvalue weighted by atomic mass is 16.2. The number of amides is 2. The van der Waals surface area contributed by atoms with Gasteiger partial charge in [0.15, 0.2) is 0 Å². The van der Waals surface area contributed by atoms with Crippen molar-refractivity contribution in [3.05, 3.63) is 24.0 Å². The van der Waals surface area contributed by atoms with Crippen molar-refractivity contribution in [1.82, 2.24) is 15.2 Å². The maximum absolute atomic E-state index is 12.2. The van der Waals surface area contributed by atoms with Gasteiger partial charge in [0.25, 0.3) is 5.91 Å². The van der Waals surface area contributed by atoms with E-state index >= 15 is 0 Å². The Kier molecular flexibility index (Phi) is 6.49. The van der Waals surface area contributed by atoms with Crippen molar-refractivity contribution in [3.63, 3.8) is 0 Å². The molecule has 1 aromatic heterocycles. The summed E-state index contributed by atoms with van der Waals surface area (Å²) in [4.78, 5) is 28.7. The largest absolute Gasteiger partial charge is 0.383 e. The van der Waals surface area contributed by atoms with Crippen LogP contribution < -0.4 is 10.6 Å². The van der Waals surface area contributed by atoms with E-state index in [1.54, 1.807) is 23.2 Å². The third-order valence-corrected chi connectivity index (χ3v) is 2.86. The van der Waals surface area contributed by atoms with E-state index in [1.165, 1.54) is 6.92 Å². The van der Waals surface area contributed by atoms with E-state index in [4.69, 9.17) is 0 Å². The van der Waals surface area contributed by atoms with Crippen molar-refractivity contribution in [1.29, 1.82) is 0 Å². The van der Waals surface area contributed by atoms with Crippen LogP contribution in [0.25, 0.3) is 0 Å². The second kappa shape index (κ2) is 8.14. The Hall–Kier alpha value is -2.11. The van der Waals surface area contributed by atoms with E-state index in [9.17, 15) is 9.59 Å². The molecule has 2 amide bonds. The lowest BCUT2D eigenvalue weighted by molar-refractivity contribution is -0.118. The summed E-state index contributed by atoms with van der Waals surface area (Å²) in [5, 5.41) is 5.84. The summed E-state index contributed by atoms with van der Waals surface area (Å²) in [6.07, 6.45) is 1.61. The summed E-state index contributed by atoms with van der Waals surface area (Å²) >= 11 is 0. The van der Waals surface area contributed by atoms with Gasteiger partial charge in [-0.1, -0.05) is 0 Å². The van der Waals surface area contributed by atoms with E-state index in [2.05, 4.69) is 15.6 Å². The fourth-order valence-corrected chi connectivity index (χ4v) is 1.78. The third-order valence-electron chi connectivity index (χ3n) is 2.86. The first kappa shape index (κ1) is 15.9. The minimum atomic E-state index is -0.0690. The molecule has 0 aliphatic heterocycles. The number of carbonyl (C=O) groups is 2. The van der Waals surface area contributed by atoms with Crippen molar-refractivity contribution in [2.45, 2.75) is 20.8 Å². The van der Waals surface area contributed by atoms with Gasteiger partial charge in [0.05, 0.1) is 0 Å². The summed E-state index contributed by atoms with van der Waals surface area (Å²) in [7, 11) is 0. The molecule has 0 aliphatic carbocycles. The second-order valence-corrected chi connectivity index (χ2v) is 4.32. The van der Waals surface area contributed by atoms with Gasteiger partial charge < -0.3 is 15.5 Å². The number of pyridine rings is 1. The molecule has 0 unspecified atom stereocenters. The van der Waals surface area contributed by atoms with Crippen LogP contribution in [-0.4, -0.2) is 47.9 Å². The molecule has 0 bridgehead atoms. The molecule has 1 aromatic rings. The first-order valence-corrected chi connectivity index (χ1v) is 6.82. The maximum Gasteiger partial charge on any atom is 0.272 e. The lowest BCUT2D eigenvalue weighted by atomic mass is 10.2. The number of rotatable bonds is 7. The van der Waals surface area contributed by atoms with Crippen molar-refractivity contribution in [2.75, 3.05) is 31.5 Å². The van der Waals surface area contributed by atoms with Gasteiger partial charge in [-0.15, -0.1) is 0 Å². The predicted octanol–water partition coefficient (Wildman–Crippen LogP) is 1.11. The van der Waals surface area contributed by atoms with Crippen LogP contribution in [0.2, 0.25) is 0 Å². The Bertz CT molecular complexity index is 458. The Morgan fingerprint density at radius 3 is 2.55 bits per heavy atom. The average Bonchev–Trinajstić information content (AvgIpc) is 2.45. The normalized spacial score (nSPS) is 9.95. The highest BCUT2D eigenvalue weighted by Crippen LogP contribution is 2.09. The van der Waals surface area contributed by atoms with Crippen LogP contribution in [0.1, 0.15) is 31.3 Å². The number of nitrogens with zero attached hydrogens (tertiary/aromatic N) is 2. The minimum absolute atomic E-state index is 0.0565. The van der Waals surface area contributed by atoms with Gasteiger partial charge >= 0.3 is 0 Å². The zero-order valence-electron chi connectivity index (χ0n) is 12.3. The summed E-state index contributed by atoms with van der Waals surface area (Å²) in [6.45, 7) is 7.83. The summed E-state index contributed by atoms with van der Waals surface area (Å²) in [5.41, 5.74) is 1.25. The zero-order valence-corrected chi connectivity index (χ0v) is 12.3. The molecule has 0 saturated heterocycles. The molecule has 6 heteroatoms. The van der Waals surface area contributed by atoms with Crippen LogP contribution in [0.15, 0.2) is 18.3 Å². The van der Waals surface area contributed by atoms with Crippen LogP contribution in [0, 0.1) is 0 Å². The molecule has 0 radical (unpaired) electrons. The molecule has 1 rings (SSSR count). The molecule has 0 aliphatic rings. The molecular formula is C14H22N4O2. The standard InChI is InChI=1S/C14H22N4O2/c1-4-18(5-2)14(20)13-10-12(6-7-17-13)16-9-8-15-11(3)19/h6-7,10H,4-5,8-9H2,1-3H3,(H,15,19)(H,16,17). The number of carbonyl (C=O) groups excluding carboxylic acids is 2. The fraction of sp³-hybridized carbons (Fsp3) is 0.500. The molecule has 0 fully saturated rings. The summed E-state index contributed by atoms with van der Waals surface area (Å²) < 4.78 is 0. The number of aromatic nitrogens is 1. The topological polar surface area (TPSA) is 74.3 Å². The molecule has 1 heterocycles. The van der Waals surface area contributed by atoms with Crippen LogP contribution in [0.5, 0.6) is 0 Å². The second-order valence-electron chi connectivity index (χ2n) is 4.32. The van der Waals surface area contributed by atoms with Gasteiger partial charge in [0.1, 0.15) is 5.69 Å². The smallest absolute Gasteiger partial charge is 0.272 e. The summed E-state index contributed by atoms with van der Waals surface area (Å²) in [5.74, 6) is -0.126. The zero-order chi connectivity index (χ0) is 15.0. The van der Waals surface area contributed by atoms with Crippen LogP contribution in [-0.2, 0) is 4.79 Å². The highest BCUT2D eigenvalue weighted by Gasteiger charge is 2.13. The SMILES string of the molecule is CCN(CC)C(=O)c1cc(NCCNC(C)=O)ccn1. The number of hydrogen-bond acceptors (Lipinski definition) is 4. The number of hydrogen-bond donors (Lipinski definition) is 2. The Morgan fingerprint density at radius 2 is 1.95 bits per heavy atom. The molecule has 6 nitrogen and oxygen atoms in total. The van der Waals surface area contributed by atoms with Crippen LogP contribution >= 0.6 is 0 Å². The molecule has 0 aromatic carbocycles. The highest BCUT2D eigenvalue weighted by molar-refractivity contribution is 5.93. The van der Waals surface area contributed by atoms with Crippen molar-refractivity contribution < 1.29 is 9.59 Å². The summed E-state index contributed by atoms with van der Waals surface area (Å²) in [6, 6.07) is 3.53. The van der Waals surface area contributed by atoms with Gasteiger partial charge in [0.2, 0.25) is 5.91 Å². The lowest BCUT2D eigenvalue weighted by Gasteiger charge is -2.18. The number of anilines is 1. The van der Waals surface area contributed by atoms with Gasteiger partial charge in [-0.25, -0.2) is 0 Å². The van der Waals surface area contributed by atoms with Crippen molar-refractivity contribution in [3.8, 4) is 0 Å². The first-order chi connectivity index (χ1) is 9.58. The van der Waals surface area contributed by atoms with E-state index in [-0.39, 0.29) is 11.8 Å². The van der Waals surface area contributed by atoms with E-state index in [0.29, 0.717) is 31.9 Å². The quantitative estimate of drug-likeness (QED) is 0.733. The molecule has 0 atom stereocenters. The van der Waals surface area contributed by atoms with Crippen LogP contribution in [0.3, 0.4) is 0 Å². The van der Waals surface area contributed by atoms with Gasteiger partial charge in [-0.2, -0.15) is 0 Å². The van der Waals surface area contributed by atoms with Gasteiger partial charge in [0, 0.05) is 45.0 Å². The lowest BCUT2D eigenvalue weighted by Crippen LogP contribution is -2.31. The monoisotopic (exact) mass is 278 g/mol. The van der Waals surface area contributed by atoms with E-state index in [1.807, 2.05) is 13.8 Å². The third kappa shape index (κ3) is 4.87. The molecule has 2 N–H and O–H groups in total. The van der Waals surface area contributed by atoms with Crippen molar-refractivity contribution >= 4 is 17.5 Å². The molecule has 0 spiro atoms. The Labute approximate surface area is 119 Å². The van der Waals surface area contributed by atoms with E-state index in [0.717, 1.165) is 5.69 Å². The van der Waals surface area contributed by atoms with Gasteiger partial charge in [-0.05, 0) is 26.0 Å². The Balaban J connectivity index is 2.61. The molecule has 0 saturated carbocycles. The van der Waals surface area contributed by atoms with Crippen molar-refractivity contribution in [2.24, 2.45) is 0 Å². The fourth-order valence-electron chi connectivity index (χ4n) is 1.78. The molecular weight excluding hydrogens is 256 g/mol. The molecule has 110 valence electrons. The average molecular weight is 278 g/mol. The Morgan fingerprint density at radius 1 is 1.25 bits per heavy atom. The minimum Gasteiger partial charge on any atom is -0.383 e. The maximum atomic E-state index is 12.2. The first-order valence-electron chi connectivity index (χ1n) is 6.82. The van der Waals surface area contributed by atoms with E-state index < -0.39 is 0 Å². The van der Waals surface area contributed by atoms with Crippen LogP contribution in [0.4, 0.5) is 5.69 Å².